The van der Waals surface area contributed by atoms with E-state index in [4.69, 9.17) is 0 Å². The van der Waals surface area contributed by atoms with Gasteiger partial charge in [0, 0.05) is 23.4 Å². The first kappa shape index (κ1) is 13.6. The molecule has 0 N–H and O–H groups in total. The van der Waals surface area contributed by atoms with E-state index in [-0.39, 0.29) is 5.41 Å². The highest BCUT2D eigenvalue weighted by molar-refractivity contribution is 5.62. The monoisotopic (exact) mass is 288 g/mol. The van der Waals surface area contributed by atoms with Crippen LogP contribution < -0.4 is 0 Å². The van der Waals surface area contributed by atoms with Crippen LogP contribution in [0, 0.1) is 11.6 Å². The molecule has 1 aromatic carbocycles. The fraction of sp³-hybridized carbons (Fsp3) is 0.267. The Kier molecular flexibility index (Phi) is 2.97. The van der Waals surface area contributed by atoms with E-state index in [2.05, 4.69) is 15.1 Å². The predicted octanol–water partition coefficient (Wildman–Crippen LogP) is 3.37. The number of nitrogens with zero attached hydrogens (tertiary/aromatic N) is 4. The van der Waals surface area contributed by atoms with E-state index in [0.29, 0.717) is 22.7 Å². The first-order valence-electron chi connectivity index (χ1n) is 6.53. The third kappa shape index (κ3) is 2.49. The van der Waals surface area contributed by atoms with Gasteiger partial charge in [0.15, 0.2) is 17.5 Å². The van der Waals surface area contributed by atoms with E-state index in [1.54, 1.807) is 16.9 Å². The maximum atomic E-state index is 13.3. The number of rotatable bonds is 1. The van der Waals surface area contributed by atoms with Crippen molar-refractivity contribution in [2.45, 2.75) is 26.2 Å². The molecule has 0 aliphatic rings. The topological polar surface area (TPSA) is 43.1 Å². The summed E-state index contributed by atoms with van der Waals surface area (Å²) in [7, 11) is 0. The van der Waals surface area contributed by atoms with Gasteiger partial charge in [0.1, 0.15) is 0 Å². The van der Waals surface area contributed by atoms with Crippen molar-refractivity contribution in [2.24, 2.45) is 0 Å². The van der Waals surface area contributed by atoms with Crippen LogP contribution in [0.15, 0.2) is 30.6 Å². The van der Waals surface area contributed by atoms with E-state index in [0.717, 1.165) is 12.1 Å². The van der Waals surface area contributed by atoms with Crippen LogP contribution in [0.3, 0.4) is 0 Å². The van der Waals surface area contributed by atoms with Gasteiger partial charge in [-0.25, -0.2) is 18.3 Å². The number of hydrogen-bond donors (Lipinski definition) is 0. The zero-order chi connectivity index (χ0) is 15.2. The summed E-state index contributed by atoms with van der Waals surface area (Å²) >= 11 is 0. The highest BCUT2D eigenvalue weighted by Crippen LogP contribution is 2.22. The second-order valence-electron chi connectivity index (χ2n) is 5.90. The highest BCUT2D eigenvalue weighted by atomic mass is 19.2. The lowest BCUT2D eigenvalue weighted by Gasteiger charge is -2.11. The first-order chi connectivity index (χ1) is 9.84. The molecule has 0 fully saturated rings. The van der Waals surface area contributed by atoms with Crippen molar-refractivity contribution in [1.82, 2.24) is 19.6 Å². The number of halogens is 2. The molecule has 3 rings (SSSR count). The Hall–Kier alpha value is -2.37. The molecule has 0 bridgehead atoms. The summed E-state index contributed by atoms with van der Waals surface area (Å²) in [5, 5.41) is 4.39. The first-order valence-corrected chi connectivity index (χ1v) is 6.53. The molecular weight excluding hydrogens is 274 g/mol. The number of fused-ring (bicyclic) bond motifs is 1. The van der Waals surface area contributed by atoms with Crippen molar-refractivity contribution in [3.63, 3.8) is 0 Å². The van der Waals surface area contributed by atoms with Crippen LogP contribution in [0.4, 0.5) is 8.78 Å². The molecular formula is C15H14F2N4. The summed E-state index contributed by atoms with van der Waals surface area (Å²) in [6, 6.07) is 3.74. The second-order valence-corrected chi connectivity index (χ2v) is 5.90. The van der Waals surface area contributed by atoms with Crippen molar-refractivity contribution < 1.29 is 8.78 Å². The van der Waals surface area contributed by atoms with Crippen LogP contribution in [-0.4, -0.2) is 19.6 Å². The maximum absolute atomic E-state index is 13.3. The fourth-order valence-corrected chi connectivity index (χ4v) is 1.92. The molecule has 0 saturated heterocycles. The Morgan fingerprint density at radius 3 is 2.48 bits per heavy atom. The normalized spacial score (nSPS) is 12.0. The Balaban J connectivity index is 2.10. The smallest absolute Gasteiger partial charge is 0.219 e. The summed E-state index contributed by atoms with van der Waals surface area (Å²) in [6.07, 6.45) is 3.28. The average molecular weight is 288 g/mol. The molecule has 2 heterocycles. The van der Waals surface area contributed by atoms with E-state index >= 15 is 0 Å². The molecule has 2 aromatic heterocycles. The van der Waals surface area contributed by atoms with Gasteiger partial charge < -0.3 is 0 Å². The molecule has 0 unspecified atom stereocenters. The molecule has 21 heavy (non-hydrogen) atoms. The lowest BCUT2D eigenvalue weighted by molar-refractivity contribution is 0.509. The minimum atomic E-state index is -0.887. The molecule has 0 spiro atoms. The minimum Gasteiger partial charge on any atom is -0.219 e. The van der Waals surface area contributed by atoms with Crippen molar-refractivity contribution in [2.75, 3.05) is 0 Å². The predicted molar refractivity (Wildman–Crippen MR) is 74.8 cm³/mol. The molecule has 4 nitrogen and oxygen atoms in total. The Morgan fingerprint density at radius 2 is 1.81 bits per heavy atom. The number of hydrogen-bond acceptors (Lipinski definition) is 3. The van der Waals surface area contributed by atoms with Crippen LogP contribution >= 0.6 is 0 Å². The maximum Gasteiger partial charge on any atom is 0.252 e. The van der Waals surface area contributed by atoms with Crippen molar-refractivity contribution in [3.05, 3.63) is 48.1 Å². The van der Waals surface area contributed by atoms with E-state index in [9.17, 15) is 8.78 Å². The van der Waals surface area contributed by atoms with Crippen LogP contribution in [0.25, 0.3) is 16.9 Å². The summed E-state index contributed by atoms with van der Waals surface area (Å²) in [5.74, 6) is -0.603. The molecule has 0 aliphatic heterocycles. The third-order valence-corrected chi connectivity index (χ3v) is 3.12. The Bertz CT molecular complexity index is 818. The molecule has 6 heteroatoms. The van der Waals surface area contributed by atoms with Crippen LogP contribution in [0.5, 0.6) is 0 Å². The summed E-state index contributed by atoms with van der Waals surface area (Å²) < 4.78 is 27.8. The molecule has 0 amide bonds. The van der Waals surface area contributed by atoms with Gasteiger partial charge in [-0.15, -0.1) is 5.10 Å². The number of benzene rings is 1. The Labute approximate surface area is 120 Å². The fourth-order valence-electron chi connectivity index (χ4n) is 1.92. The third-order valence-electron chi connectivity index (χ3n) is 3.12. The summed E-state index contributed by atoms with van der Waals surface area (Å²) in [6.45, 7) is 6.04. The van der Waals surface area contributed by atoms with Crippen LogP contribution in [-0.2, 0) is 5.41 Å². The van der Waals surface area contributed by atoms with Crippen LogP contribution in [0.2, 0.25) is 0 Å². The quantitative estimate of drug-likeness (QED) is 0.689. The van der Waals surface area contributed by atoms with E-state index in [1.807, 2.05) is 20.8 Å². The summed E-state index contributed by atoms with van der Waals surface area (Å²) in [5.41, 5.74) is 0.999. The molecule has 0 atom stereocenters. The Morgan fingerprint density at radius 1 is 1.05 bits per heavy atom. The van der Waals surface area contributed by atoms with E-state index in [1.165, 1.54) is 6.07 Å². The van der Waals surface area contributed by atoms with Gasteiger partial charge in [0.2, 0.25) is 0 Å². The largest absolute Gasteiger partial charge is 0.252 e. The average Bonchev–Trinajstić information content (AvgIpc) is 2.85. The molecule has 108 valence electrons. The zero-order valence-electron chi connectivity index (χ0n) is 11.9. The van der Waals surface area contributed by atoms with Gasteiger partial charge in [-0.2, -0.15) is 4.98 Å². The van der Waals surface area contributed by atoms with E-state index < -0.39 is 11.6 Å². The van der Waals surface area contributed by atoms with Gasteiger partial charge in [-0.05, 0) is 17.7 Å². The SMILES string of the molecule is CC(C)(C)c1nc2ncc(-c3ccc(F)c(F)c3)cn2n1. The molecule has 0 saturated carbocycles. The van der Waals surface area contributed by atoms with Gasteiger partial charge in [-0.3, -0.25) is 0 Å². The van der Waals surface area contributed by atoms with Crippen molar-refractivity contribution >= 4 is 5.78 Å². The standard InChI is InChI=1S/C15H14F2N4/c1-15(2,3)13-19-14-18-7-10(8-21(14)20-13)9-4-5-11(16)12(17)6-9/h4-8H,1-3H3. The number of aromatic nitrogens is 4. The molecule has 0 radical (unpaired) electrons. The molecule has 0 aliphatic carbocycles. The molecule has 3 aromatic rings. The summed E-state index contributed by atoms with van der Waals surface area (Å²) in [4.78, 5) is 8.57. The second kappa shape index (κ2) is 4.58. The highest BCUT2D eigenvalue weighted by Gasteiger charge is 2.20. The lowest BCUT2D eigenvalue weighted by Crippen LogP contribution is -2.13. The minimum absolute atomic E-state index is 0.185. The van der Waals surface area contributed by atoms with Crippen LogP contribution in [0.1, 0.15) is 26.6 Å². The van der Waals surface area contributed by atoms with Gasteiger partial charge in [-0.1, -0.05) is 26.8 Å². The van der Waals surface area contributed by atoms with Gasteiger partial charge >= 0.3 is 0 Å². The lowest BCUT2D eigenvalue weighted by atomic mass is 9.96. The van der Waals surface area contributed by atoms with Gasteiger partial charge in [0.25, 0.3) is 5.78 Å². The van der Waals surface area contributed by atoms with Crippen molar-refractivity contribution in [1.29, 1.82) is 0 Å². The van der Waals surface area contributed by atoms with Gasteiger partial charge in [0.05, 0.1) is 0 Å². The van der Waals surface area contributed by atoms with Crippen molar-refractivity contribution in [3.8, 4) is 11.1 Å². The zero-order valence-corrected chi connectivity index (χ0v) is 11.9.